The average Bonchev–Trinajstić information content (AvgIpc) is 3.05. The lowest BCUT2D eigenvalue weighted by molar-refractivity contribution is 0.0633. The van der Waals surface area contributed by atoms with Crippen molar-refractivity contribution in [2.45, 2.75) is 42.9 Å². The predicted octanol–water partition coefficient (Wildman–Crippen LogP) is 6.04. The van der Waals surface area contributed by atoms with Gasteiger partial charge in [-0.05, 0) is 72.9 Å². The van der Waals surface area contributed by atoms with Crippen LogP contribution in [0.2, 0.25) is 0 Å². The van der Waals surface area contributed by atoms with Crippen LogP contribution in [0.1, 0.15) is 53.9 Å². The van der Waals surface area contributed by atoms with Crippen LogP contribution in [0, 0.1) is 0 Å². The van der Waals surface area contributed by atoms with Gasteiger partial charge in [0.1, 0.15) is 10.6 Å². The number of pyridine rings is 1. The molecule has 2 fully saturated rings. The Bertz CT molecular complexity index is 1710. The number of aromatic nitrogens is 1. The first-order valence-corrected chi connectivity index (χ1v) is 16.2. The molecule has 2 amide bonds. The van der Waals surface area contributed by atoms with Gasteiger partial charge in [0.05, 0.1) is 5.52 Å². The Morgan fingerprint density at radius 2 is 1.47 bits per heavy atom. The fraction of sp³-hybridized carbons (Fsp3) is 0.303. The molecule has 1 aromatic heterocycles. The molecule has 2 aliphatic rings. The van der Waals surface area contributed by atoms with Gasteiger partial charge < -0.3 is 14.5 Å². The van der Waals surface area contributed by atoms with E-state index in [0.29, 0.717) is 54.6 Å². The van der Waals surface area contributed by atoms with Crippen molar-refractivity contribution in [1.29, 1.82) is 0 Å². The largest absolute Gasteiger partial charge is 0.415 e. The van der Waals surface area contributed by atoms with Crippen LogP contribution in [0.15, 0.2) is 90.0 Å². The Labute approximate surface area is 251 Å². The molecule has 9 nitrogen and oxygen atoms in total. The Kier molecular flexibility index (Phi) is 8.29. The first-order valence-electron chi connectivity index (χ1n) is 14.7. The zero-order valence-corrected chi connectivity index (χ0v) is 24.6. The van der Waals surface area contributed by atoms with E-state index >= 15 is 0 Å². The zero-order chi connectivity index (χ0) is 29.8. The third-order valence-corrected chi connectivity index (χ3v) is 9.67. The number of nitrogens with one attached hydrogen (secondary N) is 1. The van der Waals surface area contributed by atoms with Crippen molar-refractivity contribution in [2.75, 3.05) is 30.9 Å². The smallest absolute Gasteiger partial charge is 0.410 e. The Hall–Kier alpha value is -4.44. The number of rotatable bonds is 6. The van der Waals surface area contributed by atoms with E-state index in [9.17, 15) is 18.0 Å². The van der Waals surface area contributed by atoms with E-state index in [0.717, 1.165) is 5.39 Å². The lowest BCUT2D eigenvalue weighted by Gasteiger charge is -2.34. The molecule has 1 N–H and O–H groups in total. The maximum absolute atomic E-state index is 13.1. The van der Waals surface area contributed by atoms with Gasteiger partial charge in [-0.2, -0.15) is 0 Å². The highest BCUT2D eigenvalue weighted by atomic mass is 32.2. The molecule has 1 saturated carbocycles. The molecule has 1 saturated heterocycles. The molecule has 4 aromatic rings. The van der Waals surface area contributed by atoms with Crippen LogP contribution in [0.25, 0.3) is 10.9 Å². The van der Waals surface area contributed by atoms with Gasteiger partial charge in [0.15, 0.2) is 0 Å². The number of para-hydroxylation sites is 1. The van der Waals surface area contributed by atoms with Crippen LogP contribution in [0.4, 0.5) is 10.5 Å². The van der Waals surface area contributed by atoms with E-state index in [2.05, 4.69) is 21.8 Å². The highest BCUT2D eigenvalue weighted by Crippen LogP contribution is 2.33. The maximum Gasteiger partial charge on any atom is 0.415 e. The minimum Gasteiger partial charge on any atom is -0.410 e. The molecule has 0 atom stereocenters. The third kappa shape index (κ3) is 6.49. The summed E-state index contributed by atoms with van der Waals surface area (Å²) in [6, 6.07) is 22.7. The Morgan fingerprint density at radius 1 is 0.791 bits per heavy atom. The normalized spacial score (nSPS) is 16.2. The number of hydrogen-bond donors (Lipinski definition) is 1. The molecule has 222 valence electrons. The van der Waals surface area contributed by atoms with Crippen LogP contribution >= 0.6 is 0 Å². The molecule has 0 bridgehead atoms. The summed E-state index contributed by atoms with van der Waals surface area (Å²) in [6.45, 7) is 1.47. The molecule has 0 spiro atoms. The second kappa shape index (κ2) is 12.4. The number of piperazine rings is 1. The summed E-state index contributed by atoms with van der Waals surface area (Å²) in [5.74, 6) is 0.937. The zero-order valence-electron chi connectivity index (χ0n) is 23.8. The maximum atomic E-state index is 13.1. The number of amides is 2. The number of benzene rings is 3. The van der Waals surface area contributed by atoms with E-state index in [1.54, 1.807) is 64.5 Å². The van der Waals surface area contributed by atoms with Gasteiger partial charge >= 0.3 is 6.09 Å². The highest BCUT2D eigenvalue weighted by Gasteiger charge is 2.26. The van der Waals surface area contributed by atoms with Gasteiger partial charge in [-0.15, -0.1) is 0 Å². The first-order chi connectivity index (χ1) is 20.9. The molecular formula is C33H34N4O5S. The lowest BCUT2D eigenvalue weighted by Crippen LogP contribution is -2.51. The predicted molar refractivity (Wildman–Crippen MR) is 165 cm³/mol. The summed E-state index contributed by atoms with van der Waals surface area (Å²) in [7, 11) is -3.90. The number of anilines is 1. The minimum atomic E-state index is -3.90. The molecular weight excluding hydrogens is 564 g/mol. The van der Waals surface area contributed by atoms with Crippen LogP contribution in [0.5, 0.6) is 5.75 Å². The van der Waals surface area contributed by atoms with E-state index in [-0.39, 0.29) is 10.8 Å². The number of fused-ring (bicyclic) bond motifs is 1. The monoisotopic (exact) mass is 598 g/mol. The molecule has 2 heterocycles. The third-order valence-electron chi connectivity index (χ3n) is 8.26. The van der Waals surface area contributed by atoms with Crippen molar-refractivity contribution >= 4 is 38.6 Å². The summed E-state index contributed by atoms with van der Waals surface area (Å²) in [5.41, 5.74) is 2.46. The summed E-state index contributed by atoms with van der Waals surface area (Å²) in [5, 5.41) is 0.725. The molecule has 1 aliphatic carbocycles. The quantitative estimate of drug-likeness (QED) is 0.290. The molecule has 1 aliphatic heterocycles. The fourth-order valence-corrected chi connectivity index (χ4v) is 7.11. The van der Waals surface area contributed by atoms with Gasteiger partial charge in [0.25, 0.3) is 15.9 Å². The number of hydrogen-bond acceptors (Lipinski definition) is 6. The van der Waals surface area contributed by atoms with E-state index in [4.69, 9.17) is 4.74 Å². The van der Waals surface area contributed by atoms with Crippen LogP contribution in [-0.2, 0) is 10.0 Å². The van der Waals surface area contributed by atoms with Crippen molar-refractivity contribution in [3.05, 3.63) is 96.2 Å². The van der Waals surface area contributed by atoms with Gasteiger partial charge in [-0.3, -0.25) is 14.5 Å². The number of ether oxygens (including phenoxy) is 1. The second-order valence-corrected chi connectivity index (χ2v) is 12.7. The average molecular weight is 599 g/mol. The molecule has 6 rings (SSSR count). The van der Waals surface area contributed by atoms with Gasteiger partial charge in [-0.25, -0.2) is 13.2 Å². The highest BCUT2D eigenvalue weighted by molar-refractivity contribution is 7.93. The van der Waals surface area contributed by atoms with Crippen molar-refractivity contribution in [3.8, 4) is 5.75 Å². The van der Waals surface area contributed by atoms with Crippen LogP contribution in [-0.4, -0.2) is 61.4 Å². The minimum absolute atomic E-state index is 0.0820. The van der Waals surface area contributed by atoms with Crippen molar-refractivity contribution < 1.29 is 22.7 Å². The fourth-order valence-electron chi connectivity index (χ4n) is 5.87. The summed E-state index contributed by atoms with van der Waals surface area (Å²) in [4.78, 5) is 33.5. The number of carbonyl (C=O) groups is 2. The molecule has 0 unspecified atom stereocenters. The van der Waals surface area contributed by atoms with E-state index < -0.39 is 16.1 Å². The lowest BCUT2D eigenvalue weighted by atomic mass is 9.84. The second-order valence-electron chi connectivity index (χ2n) is 11.1. The Morgan fingerprint density at radius 3 is 2.19 bits per heavy atom. The standard InChI is InChI=1S/C33H34N4O5S/c38-32(27-11-15-28(16-12-27)35-43(40,41)30-10-4-8-26-9-5-19-34-31(26)30)36-20-22-37(23-21-36)33(39)42-29-17-13-25(14-18-29)24-6-2-1-3-7-24/h4-5,8-19,24,35H,1-3,6-7,20-23H2. The molecule has 3 aromatic carbocycles. The molecule has 43 heavy (non-hydrogen) atoms. The van der Waals surface area contributed by atoms with Gasteiger partial charge in [0.2, 0.25) is 0 Å². The SMILES string of the molecule is O=C(Oc1ccc(C2CCCCC2)cc1)N1CCN(C(=O)c2ccc(NS(=O)(=O)c3cccc4cccnc34)cc2)CC1. The molecule has 0 radical (unpaired) electrons. The van der Waals surface area contributed by atoms with Gasteiger partial charge in [-0.1, -0.05) is 49.6 Å². The van der Waals surface area contributed by atoms with Crippen LogP contribution < -0.4 is 9.46 Å². The van der Waals surface area contributed by atoms with Crippen LogP contribution in [0.3, 0.4) is 0 Å². The molecule has 10 heteroatoms. The number of carbonyl (C=O) groups excluding carboxylic acids is 2. The summed E-state index contributed by atoms with van der Waals surface area (Å²) < 4.78 is 34.4. The Balaban J connectivity index is 1.02. The topological polar surface area (TPSA) is 109 Å². The van der Waals surface area contributed by atoms with E-state index in [1.807, 2.05) is 12.1 Å². The number of sulfonamides is 1. The van der Waals surface area contributed by atoms with Gasteiger partial charge in [0, 0.05) is 49.0 Å². The van der Waals surface area contributed by atoms with E-state index in [1.165, 1.54) is 43.7 Å². The summed E-state index contributed by atoms with van der Waals surface area (Å²) >= 11 is 0. The first kappa shape index (κ1) is 28.7. The van der Waals surface area contributed by atoms with Crippen molar-refractivity contribution in [2.24, 2.45) is 0 Å². The number of nitrogens with zero attached hydrogens (tertiary/aromatic N) is 3. The summed E-state index contributed by atoms with van der Waals surface area (Å²) in [6.07, 6.45) is 7.42. The van der Waals surface area contributed by atoms with Crippen molar-refractivity contribution in [3.63, 3.8) is 0 Å². The van der Waals surface area contributed by atoms with Crippen molar-refractivity contribution in [1.82, 2.24) is 14.8 Å².